The molecule has 16 heavy (non-hydrogen) atoms. The minimum absolute atomic E-state index is 0.402. The highest BCUT2D eigenvalue weighted by atomic mass is 16.4. The molecule has 2 N–H and O–H groups in total. The monoisotopic (exact) mass is 226 g/mol. The summed E-state index contributed by atoms with van der Waals surface area (Å²) in [5, 5.41) is 16.1. The van der Waals surface area contributed by atoms with Gasteiger partial charge in [-0.15, -0.1) is 0 Å². The fourth-order valence-corrected chi connectivity index (χ4v) is 1.53. The van der Waals surface area contributed by atoms with Gasteiger partial charge in [-0.05, 0) is 13.3 Å². The van der Waals surface area contributed by atoms with E-state index in [1.165, 1.54) is 6.33 Å². The molecule has 6 nitrogen and oxygen atoms in total. The first kappa shape index (κ1) is 12.6. The number of aliphatic carboxylic acids is 1. The van der Waals surface area contributed by atoms with Crippen LogP contribution in [0.3, 0.4) is 0 Å². The number of aryl methyl sites for hydroxylation is 1. The second-order valence-electron chi connectivity index (χ2n) is 4.04. The van der Waals surface area contributed by atoms with Crippen molar-refractivity contribution in [2.45, 2.75) is 38.8 Å². The molecule has 0 bridgehead atoms. The van der Waals surface area contributed by atoms with Gasteiger partial charge in [0.2, 0.25) is 0 Å². The summed E-state index contributed by atoms with van der Waals surface area (Å²) in [6.45, 7) is 4.06. The Bertz CT molecular complexity index is 363. The van der Waals surface area contributed by atoms with E-state index in [1.807, 2.05) is 6.92 Å². The average Bonchev–Trinajstić information content (AvgIpc) is 2.61. The molecule has 0 aliphatic rings. The summed E-state index contributed by atoms with van der Waals surface area (Å²) in [4.78, 5) is 15.2. The van der Waals surface area contributed by atoms with E-state index in [1.54, 1.807) is 18.7 Å². The van der Waals surface area contributed by atoms with E-state index < -0.39 is 11.5 Å². The number of hydrogen-bond acceptors (Lipinski definition) is 4. The Morgan fingerprint density at radius 2 is 2.38 bits per heavy atom. The number of carboxylic acid groups (broad SMARTS) is 1. The number of aromatic nitrogens is 3. The average molecular weight is 226 g/mol. The van der Waals surface area contributed by atoms with Crippen molar-refractivity contribution >= 4 is 5.97 Å². The SMILES string of the molecule is CCCC(C)(NCc1ncnn1C)C(=O)O. The topological polar surface area (TPSA) is 80.0 Å². The molecule has 1 unspecified atom stereocenters. The van der Waals surface area contributed by atoms with Crippen LogP contribution in [-0.2, 0) is 18.4 Å². The zero-order valence-corrected chi connectivity index (χ0v) is 9.90. The third kappa shape index (κ3) is 2.79. The third-order valence-electron chi connectivity index (χ3n) is 2.66. The summed E-state index contributed by atoms with van der Waals surface area (Å²) < 4.78 is 1.63. The quantitative estimate of drug-likeness (QED) is 0.740. The van der Waals surface area contributed by atoms with Crippen molar-refractivity contribution in [3.05, 3.63) is 12.2 Å². The largest absolute Gasteiger partial charge is 0.480 e. The highest BCUT2D eigenvalue weighted by Gasteiger charge is 2.31. The van der Waals surface area contributed by atoms with Gasteiger partial charge in [0.1, 0.15) is 17.7 Å². The molecule has 1 aromatic heterocycles. The maximum absolute atomic E-state index is 11.2. The van der Waals surface area contributed by atoms with Crippen LogP contribution in [0.5, 0.6) is 0 Å². The lowest BCUT2D eigenvalue weighted by Crippen LogP contribution is -2.49. The van der Waals surface area contributed by atoms with Crippen LogP contribution in [-0.4, -0.2) is 31.4 Å². The van der Waals surface area contributed by atoms with Crippen molar-refractivity contribution in [2.24, 2.45) is 7.05 Å². The number of hydrogen-bond donors (Lipinski definition) is 2. The molecule has 90 valence electrons. The van der Waals surface area contributed by atoms with Gasteiger partial charge in [-0.1, -0.05) is 13.3 Å². The Kier molecular flexibility index (Phi) is 4.00. The summed E-state index contributed by atoms with van der Waals surface area (Å²) in [7, 11) is 1.78. The third-order valence-corrected chi connectivity index (χ3v) is 2.66. The van der Waals surface area contributed by atoms with Gasteiger partial charge in [0.05, 0.1) is 6.54 Å². The summed E-state index contributed by atoms with van der Waals surface area (Å²) in [5.74, 6) is -0.111. The Labute approximate surface area is 94.7 Å². The second kappa shape index (κ2) is 5.07. The fraction of sp³-hybridized carbons (Fsp3) is 0.700. The zero-order valence-electron chi connectivity index (χ0n) is 9.90. The van der Waals surface area contributed by atoms with E-state index in [2.05, 4.69) is 15.4 Å². The Hall–Kier alpha value is -1.43. The number of rotatable bonds is 6. The van der Waals surface area contributed by atoms with E-state index in [9.17, 15) is 4.79 Å². The van der Waals surface area contributed by atoms with Gasteiger partial charge in [-0.25, -0.2) is 4.98 Å². The second-order valence-corrected chi connectivity index (χ2v) is 4.04. The predicted octanol–water partition coefficient (Wildman–Crippen LogP) is 0.548. The van der Waals surface area contributed by atoms with Crippen LogP contribution in [0, 0.1) is 0 Å². The van der Waals surface area contributed by atoms with Crippen LogP contribution in [0.1, 0.15) is 32.5 Å². The molecule has 0 fully saturated rings. The van der Waals surface area contributed by atoms with Crippen LogP contribution in [0.25, 0.3) is 0 Å². The first-order valence-corrected chi connectivity index (χ1v) is 5.31. The lowest BCUT2D eigenvalue weighted by atomic mass is 9.96. The van der Waals surface area contributed by atoms with Gasteiger partial charge in [-0.2, -0.15) is 5.10 Å². The van der Waals surface area contributed by atoms with Crippen molar-refractivity contribution in [1.82, 2.24) is 20.1 Å². The summed E-state index contributed by atoms with van der Waals surface area (Å²) in [6.07, 6.45) is 2.85. The minimum Gasteiger partial charge on any atom is -0.480 e. The van der Waals surface area contributed by atoms with E-state index in [-0.39, 0.29) is 0 Å². The van der Waals surface area contributed by atoms with Gasteiger partial charge < -0.3 is 5.11 Å². The van der Waals surface area contributed by atoms with E-state index in [0.717, 1.165) is 12.2 Å². The normalized spacial score (nSPS) is 14.7. The van der Waals surface area contributed by atoms with Crippen molar-refractivity contribution in [2.75, 3.05) is 0 Å². The van der Waals surface area contributed by atoms with Crippen LogP contribution in [0.2, 0.25) is 0 Å². The summed E-state index contributed by atoms with van der Waals surface area (Å²) in [5.41, 5.74) is -0.902. The van der Waals surface area contributed by atoms with E-state index in [0.29, 0.717) is 13.0 Å². The minimum atomic E-state index is -0.902. The molecular formula is C10H18N4O2. The van der Waals surface area contributed by atoms with Crippen molar-refractivity contribution < 1.29 is 9.90 Å². The number of carbonyl (C=O) groups is 1. The molecule has 0 aromatic carbocycles. The van der Waals surface area contributed by atoms with Gasteiger partial charge in [0.15, 0.2) is 0 Å². The molecule has 0 saturated heterocycles. The van der Waals surface area contributed by atoms with Crippen LogP contribution >= 0.6 is 0 Å². The molecule has 0 radical (unpaired) electrons. The van der Waals surface area contributed by atoms with Gasteiger partial charge >= 0.3 is 5.97 Å². The number of carboxylic acids is 1. The number of nitrogens with zero attached hydrogens (tertiary/aromatic N) is 3. The molecule has 1 aromatic rings. The molecule has 0 spiro atoms. The van der Waals surface area contributed by atoms with Crippen LogP contribution in [0.15, 0.2) is 6.33 Å². The molecular weight excluding hydrogens is 208 g/mol. The Morgan fingerprint density at radius 3 is 2.81 bits per heavy atom. The fourth-order valence-electron chi connectivity index (χ4n) is 1.53. The number of nitrogens with one attached hydrogen (secondary N) is 1. The molecule has 1 atom stereocenters. The maximum atomic E-state index is 11.2. The summed E-state index contributed by atoms with van der Waals surface area (Å²) in [6, 6.07) is 0. The molecule has 1 heterocycles. The lowest BCUT2D eigenvalue weighted by molar-refractivity contribution is -0.144. The van der Waals surface area contributed by atoms with Crippen LogP contribution < -0.4 is 5.32 Å². The van der Waals surface area contributed by atoms with Gasteiger partial charge in [0.25, 0.3) is 0 Å². The van der Waals surface area contributed by atoms with E-state index >= 15 is 0 Å². The molecule has 0 amide bonds. The molecule has 6 heteroatoms. The smallest absolute Gasteiger partial charge is 0.323 e. The molecule has 0 saturated carbocycles. The van der Waals surface area contributed by atoms with Crippen molar-refractivity contribution in [3.63, 3.8) is 0 Å². The van der Waals surface area contributed by atoms with Gasteiger partial charge in [-0.3, -0.25) is 14.8 Å². The van der Waals surface area contributed by atoms with Crippen molar-refractivity contribution in [1.29, 1.82) is 0 Å². The highest BCUT2D eigenvalue weighted by molar-refractivity contribution is 5.78. The lowest BCUT2D eigenvalue weighted by Gasteiger charge is -2.25. The highest BCUT2D eigenvalue weighted by Crippen LogP contribution is 2.13. The van der Waals surface area contributed by atoms with Crippen molar-refractivity contribution in [3.8, 4) is 0 Å². The predicted molar refractivity (Wildman–Crippen MR) is 58.8 cm³/mol. The first-order chi connectivity index (χ1) is 7.49. The molecule has 1 rings (SSSR count). The van der Waals surface area contributed by atoms with E-state index in [4.69, 9.17) is 5.11 Å². The zero-order chi connectivity index (χ0) is 12.2. The first-order valence-electron chi connectivity index (χ1n) is 5.31. The molecule has 0 aliphatic heterocycles. The standard InChI is InChI=1S/C10H18N4O2/c1-4-5-10(2,9(15)16)12-6-8-11-7-13-14(8)3/h7,12H,4-6H2,1-3H3,(H,15,16). The summed E-state index contributed by atoms with van der Waals surface area (Å²) >= 11 is 0. The Morgan fingerprint density at radius 1 is 1.69 bits per heavy atom. The Balaban J connectivity index is 2.64. The van der Waals surface area contributed by atoms with Gasteiger partial charge in [0, 0.05) is 7.05 Å². The van der Waals surface area contributed by atoms with Crippen LogP contribution in [0.4, 0.5) is 0 Å². The molecule has 0 aliphatic carbocycles. The maximum Gasteiger partial charge on any atom is 0.323 e.